The normalized spacial score (nSPS) is 10.4. The molecule has 0 saturated carbocycles. The van der Waals surface area contributed by atoms with Crippen molar-refractivity contribution in [2.45, 2.75) is 13.5 Å². The first-order chi connectivity index (χ1) is 13.6. The fourth-order valence-corrected chi connectivity index (χ4v) is 2.51. The Balaban J connectivity index is 1.58. The highest BCUT2D eigenvalue weighted by Gasteiger charge is 2.15. The van der Waals surface area contributed by atoms with Crippen LogP contribution in [-0.4, -0.2) is 36.9 Å². The molecule has 1 aromatic heterocycles. The predicted molar refractivity (Wildman–Crippen MR) is 101 cm³/mol. The van der Waals surface area contributed by atoms with E-state index in [9.17, 15) is 4.79 Å². The summed E-state index contributed by atoms with van der Waals surface area (Å²) in [5.74, 6) is 2.24. The van der Waals surface area contributed by atoms with Crippen molar-refractivity contribution < 1.29 is 23.5 Å². The van der Waals surface area contributed by atoms with Gasteiger partial charge >= 0.3 is 0 Å². The lowest BCUT2D eigenvalue weighted by Gasteiger charge is -2.08. The predicted octanol–water partition coefficient (Wildman–Crippen LogP) is 2.76. The smallest absolute Gasteiger partial charge is 0.258 e. The van der Waals surface area contributed by atoms with Crippen LogP contribution in [0.3, 0.4) is 0 Å². The summed E-state index contributed by atoms with van der Waals surface area (Å²) in [6.07, 6.45) is 0. The summed E-state index contributed by atoms with van der Waals surface area (Å²) in [5.41, 5.74) is 1.62. The molecule has 146 valence electrons. The fraction of sp³-hybridized carbons (Fsp3) is 0.250. The standard InChI is InChI=1S/C20H21N3O5/c1-13-6-4-5-7-16(13)27-12-18(24)21-11-19-22-20(23-28-19)15-9-8-14(25-2)10-17(15)26-3/h4-10H,11-12H2,1-3H3,(H,21,24). The summed E-state index contributed by atoms with van der Waals surface area (Å²) >= 11 is 0. The third-order valence-corrected chi connectivity index (χ3v) is 4.01. The number of nitrogens with one attached hydrogen (secondary N) is 1. The molecule has 0 unspecified atom stereocenters. The second-order valence-corrected chi connectivity index (χ2v) is 5.91. The number of rotatable bonds is 8. The second-order valence-electron chi connectivity index (χ2n) is 5.91. The number of benzene rings is 2. The quantitative estimate of drug-likeness (QED) is 0.639. The second kappa shape index (κ2) is 8.90. The molecule has 0 atom stereocenters. The van der Waals surface area contributed by atoms with Crippen molar-refractivity contribution in [3.8, 4) is 28.6 Å². The van der Waals surface area contributed by atoms with Crippen molar-refractivity contribution in [2.24, 2.45) is 0 Å². The molecule has 1 heterocycles. The zero-order chi connectivity index (χ0) is 19.9. The number of carbonyl (C=O) groups excluding carboxylic acids is 1. The van der Waals surface area contributed by atoms with Crippen molar-refractivity contribution in [3.63, 3.8) is 0 Å². The third-order valence-electron chi connectivity index (χ3n) is 4.01. The Bertz CT molecular complexity index is 955. The van der Waals surface area contributed by atoms with Crippen molar-refractivity contribution in [1.82, 2.24) is 15.5 Å². The molecule has 0 radical (unpaired) electrons. The Hall–Kier alpha value is -3.55. The van der Waals surface area contributed by atoms with Crippen LogP contribution >= 0.6 is 0 Å². The van der Waals surface area contributed by atoms with Gasteiger partial charge in [-0.3, -0.25) is 4.79 Å². The van der Waals surface area contributed by atoms with Gasteiger partial charge in [-0.1, -0.05) is 23.4 Å². The monoisotopic (exact) mass is 383 g/mol. The highest BCUT2D eigenvalue weighted by atomic mass is 16.5. The molecule has 0 fully saturated rings. The lowest BCUT2D eigenvalue weighted by Crippen LogP contribution is -2.28. The molecule has 0 spiro atoms. The maximum Gasteiger partial charge on any atom is 0.258 e. The summed E-state index contributed by atoms with van der Waals surface area (Å²) in [6.45, 7) is 1.92. The number of nitrogens with zero attached hydrogens (tertiary/aromatic N) is 2. The van der Waals surface area contributed by atoms with Gasteiger partial charge in [0.2, 0.25) is 11.7 Å². The lowest BCUT2D eigenvalue weighted by atomic mass is 10.2. The Morgan fingerprint density at radius 1 is 1.11 bits per heavy atom. The molecule has 2 aromatic carbocycles. The van der Waals surface area contributed by atoms with Crippen LogP contribution in [0.2, 0.25) is 0 Å². The van der Waals surface area contributed by atoms with Crippen LogP contribution < -0.4 is 19.5 Å². The maximum atomic E-state index is 12.0. The molecule has 1 amide bonds. The molecule has 3 rings (SSSR count). The molecule has 1 N–H and O–H groups in total. The van der Waals surface area contributed by atoms with E-state index in [1.165, 1.54) is 0 Å². The van der Waals surface area contributed by atoms with E-state index in [-0.39, 0.29) is 24.9 Å². The third kappa shape index (κ3) is 4.59. The molecule has 0 aliphatic carbocycles. The number of para-hydroxylation sites is 1. The molecular weight excluding hydrogens is 362 g/mol. The number of aromatic nitrogens is 2. The van der Waals surface area contributed by atoms with Gasteiger partial charge in [-0.15, -0.1) is 0 Å². The van der Waals surface area contributed by atoms with E-state index in [0.29, 0.717) is 28.6 Å². The first kappa shape index (κ1) is 19.2. The average Bonchev–Trinajstić information content (AvgIpc) is 3.20. The molecule has 8 nitrogen and oxygen atoms in total. The van der Waals surface area contributed by atoms with Crippen LogP contribution in [0, 0.1) is 6.92 Å². The number of carbonyl (C=O) groups is 1. The number of hydrogen-bond acceptors (Lipinski definition) is 7. The van der Waals surface area contributed by atoms with E-state index >= 15 is 0 Å². The molecule has 0 saturated heterocycles. The molecule has 0 bridgehead atoms. The molecule has 0 aliphatic rings. The van der Waals surface area contributed by atoms with E-state index in [1.807, 2.05) is 31.2 Å². The van der Waals surface area contributed by atoms with E-state index in [4.69, 9.17) is 18.7 Å². The van der Waals surface area contributed by atoms with Crippen LogP contribution in [0.15, 0.2) is 47.0 Å². The minimum absolute atomic E-state index is 0.0986. The number of amides is 1. The minimum atomic E-state index is -0.287. The van der Waals surface area contributed by atoms with Gasteiger partial charge in [-0.05, 0) is 30.7 Å². The van der Waals surface area contributed by atoms with Crippen molar-refractivity contribution in [1.29, 1.82) is 0 Å². The summed E-state index contributed by atoms with van der Waals surface area (Å²) in [4.78, 5) is 16.3. The van der Waals surface area contributed by atoms with Gasteiger partial charge in [-0.25, -0.2) is 0 Å². The summed E-state index contributed by atoms with van der Waals surface area (Å²) < 4.78 is 21.2. The van der Waals surface area contributed by atoms with E-state index in [2.05, 4.69) is 15.5 Å². The van der Waals surface area contributed by atoms with E-state index < -0.39 is 0 Å². The van der Waals surface area contributed by atoms with Crippen LogP contribution in [0.1, 0.15) is 11.5 Å². The summed E-state index contributed by atoms with van der Waals surface area (Å²) in [5, 5.41) is 6.63. The molecular formula is C20H21N3O5. The molecule has 8 heteroatoms. The number of hydrogen-bond donors (Lipinski definition) is 1. The number of methoxy groups -OCH3 is 2. The zero-order valence-corrected chi connectivity index (χ0v) is 15.9. The first-order valence-corrected chi connectivity index (χ1v) is 8.61. The van der Waals surface area contributed by atoms with Crippen LogP contribution in [0.5, 0.6) is 17.2 Å². The van der Waals surface area contributed by atoms with Crippen LogP contribution in [0.4, 0.5) is 0 Å². The number of ether oxygens (including phenoxy) is 3. The Kier molecular flexibility index (Phi) is 6.11. The van der Waals surface area contributed by atoms with Crippen LogP contribution in [-0.2, 0) is 11.3 Å². The minimum Gasteiger partial charge on any atom is -0.497 e. The largest absolute Gasteiger partial charge is 0.497 e. The summed E-state index contributed by atoms with van der Waals surface area (Å²) in [6, 6.07) is 12.8. The van der Waals surface area contributed by atoms with Gasteiger partial charge in [0.25, 0.3) is 5.91 Å². The zero-order valence-electron chi connectivity index (χ0n) is 15.9. The Morgan fingerprint density at radius 2 is 1.93 bits per heavy atom. The van der Waals surface area contributed by atoms with Crippen molar-refractivity contribution >= 4 is 5.91 Å². The van der Waals surface area contributed by atoms with Gasteiger partial charge in [-0.2, -0.15) is 4.98 Å². The van der Waals surface area contributed by atoms with Gasteiger partial charge in [0.1, 0.15) is 17.2 Å². The van der Waals surface area contributed by atoms with E-state index in [0.717, 1.165) is 5.56 Å². The van der Waals surface area contributed by atoms with Crippen molar-refractivity contribution in [3.05, 3.63) is 53.9 Å². The molecule has 3 aromatic rings. The van der Waals surface area contributed by atoms with Crippen molar-refractivity contribution in [2.75, 3.05) is 20.8 Å². The molecule has 28 heavy (non-hydrogen) atoms. The number of aryl methyl sites for hydroxylation is 1. The fourth-order valence-electron chi connectivity index (χ4n) is 2.51. The first-order valence-electron chi connectivity index (χ1n) is 8.61. The van der Waals surface area contributed by atoms with Gasteiger partial charge in [0.15, 0.2) is 6.61 Å². The SMILES string of the molecule is COc1ccc(-c2noc(CNC(=O)COc3ccccc3C)n2)c(OC)c1. The topological polar surface area (TPSA) is 95.7 Å². The summed E-state index contributed by atoms with van der Waals surface area (Å²) in [7, 11) is 3.13. The Labute approximate surface area is 162 Å². The highest BCUT2D eigenvalue weighted by Crippen LogP contribution is 2.31. The van der Waals surface area contributed by atoms with Gasteiger partial charge in [0, 0.05) is 6.07 Å². The van der Waals surface area contributed by atoms with Crippen LogP contribution in [0.25, 0.3) is 11.4 Å². The average molecular weight is 383 g/mol. The molecule has 0 aliphatic heterocycles. The lowest BCUT2D eigenvalue weighted by molar-refractivity contribution is -0.123. The van der Waals surface area contributed by atoms with Gasteiger partial charge in [0.05, 0.1) is 26.3 Å². The maximum absolute atomic E-state index is 12.0. The highest BCUT2D eigenvalue weighted by molar-refractivity contribution is 5.77. The van der Waals surface area contributed by atoms with E-state index in [1.54, 1.807) is 32.4 Å². The Morgan fingerprint density at radius 3 is 2.68 bits per heavy atom. The van der Waals surface area contributed by atoms with Gasteiger partial charge < -0.3 is 24.1 Å².